The van der Waals surface area contributed by atoms with E-state index in [1.54, 1.807) is 36.5 Å². The maximum atomic E-state index is 13.4. The number of pyridine rings is 1. The molecule has 1 aromatic carbocycles. The number of carbonyl (C=O) groups excluding carboxylic acids is 1. The van der Waals surface area contributed by atoms with E-state index in [4.69, 9.17) is 10.5 Å². The van der Waals surface area contributed by atoms with Crippen LogP contribution in [0.3, 0.4) is 0 Å². The molecular weight excluding hydrogens is 454 g/mol. The molecule has 10 heteroatoms. The normalized spacial score (nSPS) is 19.2. The van der Waals surface area contributed by atoms with Crippen LogP contribution < -0.4 is 10.5 Å². The van der Waals surface area contributed by atoms with E-state index < -0.39 is 10.0 Å². The van der Waals surface area contributed by atoms with Gasteiger partial charge in [0.05, 0.1) is 17.4 Å². The molecule has 0 bridgehead atoms. The van der Waals surface area contributed by atoms with E-state index in [1.165, 1.54) is 0 Å². The van der Waals surface area contributed by atoms with Crippen LogP contribution in [0.5, 0.6) is 5.75 Å². The number of amides is 1. The first-order valence-electron chi connectivity index (χ1n) is 11.1. The first kappa shape index (κ1) is 22.1. The van der Waals surface area contributed by atoms with Gasteiger partial charge in [0.1, 0.15) is 24.0 Å². The van der Waals surface area contributed by atoms with Gasteiger partial charge in [-0.15, -0.1) is 4.40 Å². The zero-order chi connectivity index (χ0) is 23.7. The van der Waals surface area contributed by atoms with Crippen molar-refractivity contribution in [2.75, 3.05) is 13.2 Å². The Morgan fingerprint density at radius 2 is 1.97 bits per heavy atom. The highest BCUT2D eigenvalue weighted by atomic mass is 32.2. The molecule has 2 aliphatic heterocycles. The quantitative estimate of drug-likeness (QED) is 0.600. The van der Waals surface area contributed by atoms with E-state index in [1.807, 2.05) is 34.0 Å². The predicted molar refractivity (Wildman–Crippen MR) is 128 cm³/mol. The molecule has 0 unspecified atom stereocenters. The summed E-state index contributed by atoms with van der Waals surface area (Å²) in [6.45, 7) is 0.917. The number of hydrogen-bond acceptors (Lipinski definition) is 6. The lowest BCUT2D eigenvalue weighted by Gasteiger charge is -2.36. The lowest BCUT2D eigenvalue weighted by molar-refractivity contribution is 0.0528. The van der Waals surface area contributed by atoms with Crippen LogP contribution in [0, 0.1) is 0 Å². The van der Waals surface area contributed by atoms with Gasteiger partial charge in [-0.05, 0) is 55.2 Å². The highest BCUT2D eigenvalue weighted by molar-refractivity contribution is 7.89. The Kier molecular flexibility index (Phi) is 5.82. The van der Waals surface area contributed by atoms with Gasteiger partial charge in [-0.25, -0.2) is 13.4 Å². The monoisotopic (exact) mass is 479 g/mol. The molecule has 4 heterocycles. The Morgan fingerprint density at radius 3 is 2.79 bits per heavy atom. The smallest absolute Gasteiger partial charge is 0.259 e. The minimum Gasteiger partial charge on any atom is -0.491 e. The molecule has 1 amide bonds. The van der Waals surface area contributed by atoms with E-state index in [2.05, 4.69) is 9.38 Å². The zero-order valence-electron chi connectivity index (χ0n) is 18.5. The van der Waals surface area contributed by atoms with Crippen LogP contribution in [0.4, 0.5) is 0 Å². The molecule has 3 aromatic rings. The van der Waals surface area contributed by atoms with Gasteiger partial charge in [0.25, 0.3) is 15.9 Å². The number of fused-ring (bicyclic) bond motifs is 1. The third-order valence-corrected chi connectivity index (χ3v) is 7.28. The molecule has 2 aliphatic rings. The van der Waals surface area contributed by atoms with Crippen LogP contribution >= 0.6 is 0 Å². The third kappa shape index (κ3) is 4.41. The number of hydrogen-bond donors (Lipinski definition) is 1. The Hall–Kier alpha value is -3.66. The van der Waals surface area contributed by atoms with E-state index in [0.717, 1.165) is 19.3 Å². The highest BCUT2D eigenvalue weighted by Gasteiger charge is 2.30. The van der Waals surface area contributed by atoms with Crippen LogP contribution in [0.2, 0.25) is 0 Å². The molecule has 0 aliphatic carbocycles. The van der Waals surface area contributed by atoms with Crippen LogP contribution in [-0.2, 0) is 15.8 Å². The number of likely N-dealkylation sites (tertiary alicyclic amines) is 1. The third-order valence-electron chi connectivity index (χ3n) is 6.12. The summed E-state index contributed by atoms with van der Waals surface area (Å²) < 4.78 is 35.5. The van der Waals surface area contributed by atoms with Gasteiger partial charge >= 0.3 is 0 Å². The van der Waals surface area contributed by atoms with Gasteiger partial charge in [-0.2, -0.15) is 0 Å². The number of carbonyl (C=O) groups is 1. The van der Waals surface area contributed by atoms with Crippen LogP contribution in [0.15, 0.2) is 65.5 Å². The summed E-state index contributed by atoms with van der Waals surface area (Å²) in [7, 11) is -3.62. The zero-order valence-corrected chi connectivity index (χ0v) is 19.3. The molecule has 1 fully saturated rings. The minimum atomic E-state index is -3.62. The Bertz CT molecular complexity index is 1350. The van der Waals surface area contributed by atoms with Gasteiger partial charge in [-0.1, -0.05) is 12.1 Å². The molecule has 34 heavy (non-hydrogen) atoms. The van der Waals surface area contributed by atoms with E-state index >= 15 is 0 Å². The van der Waals surface area contributed by atoms with Crippen molar-refractivity contribution in [2.45, 2.75) is 31.1 Å². The maximum Gasteiger partial charge on any atom is 0.259 e. The number of sulfonamides is 1. The number of amidine groups is 1. The first-order valence-corrected chi connectivity index (χ1v) is 12.8. The molecule has 176 valence electrons. The number of piperidine rings is 1. The van der Waals surface area contributed by atoms with Crippen molar-refractivity contribution in [1.82, 2.24) is 14.5 Å². The lowest BCUT2D eigenvalue weighted by Crippen LogP contribution is -2.46. The van der Waals surface area contributed by atoms with Crippen molar-refractivity contribution < 1.29 is 17.9 Å². The summed E-state index contributed by atoms with van der Waals surface area (Å²) in [6.07, 6.45) is 8.15. The second kappa shape index (κ2) is 8.94. The number of rotatable bonds is 5. The standard InChI is InChI=1S/C24H25N5O4S/c25-23-22-18(16-34(31,32)27-23)6-5-8-20(22)33-15-19-7-1-2-13-29(19)24(30)17-9-10-26-21(14-17)28-11-3-4-12-28/h3-6,8-12,14,19H,1-2,7,13,15-16H2,(H2,25,27)/t19-/m1/s1. The summed E-state index contributed by atoms with van der Waals surface area (Å²) in [4.78, 5) is 19.6. The number of ether oxygens (including phenoxy) is 1. The fraction of sp³-hybridized carbons (Fsp3) is 0.292. The Balaban J connectivity index is 1.35. The summed E-state index contributed by atoms with van der Waals surface area (Å²) >= 11 is 0. The van der Waals surface area contributed by atoms with Crippen LogP contribution in [0.1, 0.15) is 40.7 Å². The van der Waals surface area contributed by atoms with Crippen LogP contribution in [-0.4, -0.2) is 53.8 Å². The largest absolute Gasteiger partial charge is 0.491 e. The molecule has 2 N–H and O–H groups in total. The molecule has 5 rings (SSSR count). The van der Waals surface area contributed by atoms with Crippen molar-refractivity contribution in [2.24, 2.45) is 10.1 Å². The number of nitrogens with zero attached hydrogens (tertiary/aromatic N) is 4. The molecule has 0 saturated carbocycles. The van der Waals surface area contributed by atoms with Crippen molar-refractivity contribution in [1.29, 1.82) is 0 Å². The second-order valence-corrected chi connectivity index (χ2v) is 10.1. The van der Waals surface area contributed by atoms with Crippen LogP contribution in [0.25, 0.3) is 5.82 Å². The number of benzene rings is 1. The van der Waals surface area contributed by atoms with Gasteiger partial charge in [0, 0.05) is 30.7 Å². The van der Waals surface area contributed by atoms with Gasteiger partial charge in [-0.3, -0.25) is 4.79 Å². The SMILES string of the molecule is NC1=NS(=O)(=O)Cc2cccc(OC[C@H]3CCCCN3C(=O)c3ccnc(-n4cccc4)c3)c21. The van der Waals surface area contributed by atoms with E-state index in [9.17, 15) is 13.2 Å². The Labute approximate surface area is 197 Å². The summed E-state index contributed by atoms with van der Waals surface area (Å²) in [5.41, 5.74) is 7.61. The molecule has 1 saturated heterocycles. The topological polar surface area (TPSA) is 120 Å². The van der Waals surface area contributed by atoms with Crippen molar-refractivity contribution in [3.8, 4) is 11.6 Å². The maximum absolute atomic E-state index is 13.4. The van der Waals surface area contributed by atoms with Gasteiger partial charge in [0.2, 0.25) is 0 Å². The molecule has 1 atom stereocenters. The Morgan fingerprint density at radius 1 is 1.15 bits per heavy atom. The van der Waals surface area contributed by atoms with E-state index in [-0.39, 0.29) is 30.1 Å². The number of nitrogens with two attached hydrogens (primary N) is 1. The van der Waals surface area contributed by atoms with E-state index in [0.29, 0.717) is 34.8 Å². The molecule has 9 nitrogen and oxygen atoms in total. The first-order chi connectivity index (χ1) is 16.4. The minimum absolute atomic E-state index is 0.0635. The molecular formula is C24H25N5O4S. The fourth-order valence-electron chi connectivity index (χ4n) is 4.51. The molecule has 0 radical (unpaired) electrons. The van der Waals surface area contributed by atoms with Crippen molar-refractivity contribution >= 4 is 21.8 Å². The molecule has 0 spiro atoms. The summed E-state index contributed by atoms with van der Waals surface area (Å²) in [6, 6.07) is 12.4. The van der Waals surface area contributed by atoms with Gasteiger partial charge in [0.15, 0.2) is 0 Å². The summed E-state index contributed by atoms with van der Waals surface area (Å²) in [5, 5.41) is 0. The van der Waals surface area contributed by atoms with Gasteiger partial charge < -0.3 is 19.9 Å². The average Bonchev–Trinajstić information content (AvgIpc) is 3.37. The average molecular weight is 480 g/mol. The fourth-order valence-corrected chi connectivity index (χ4v) is 5.59. The number of aromatic nitrogens is 2. The second-order valence-electron chi connectivity index (χ2n) is 8.45. The molecule has 2 aromatic heterocycles. The summed E-state index contributed by atoms with van der Waals surface area (Å²) in [5.74, 6) is 0.820. The highest BCUT2D eigenvalue weighted by Crippen LogP contribution is 2.29. The predicted octanol–water partition coefficient (Wildman–Crippen LogP) is 2.49. The lowest BCUT2D eigenvalue weighted by atomic mass is 10.0. The van der Waals surface area contributed by atoms with Crippen molar-refractivity contribution in [3.05, 3.63) is 77.7 Å². The van der Waals surface area contributed by atoms with Crippen molar-refractivity contribution in [3.63, 3.8) is 0 Å².